The van der Waals surface area contributed by atoms with E-state index in [0.717, 1.165) is 56.9 Å². The van der Waals surface area contributed by atoms with Gasteiger partial charge in [0.2, 0.25) is 0 Å². The summed E-state index contributed by atoms with van der Waals surface area (Å²) >= 11 is 0. The second-order valence-electron chi connectivity index (χ2n) is 7.60. The Kier molecular flexibility index (Phi) is 5.55. The van der Waals surface area contributed by atoms with Crippen LogP contribution in [0.2, 0.25) is 0 Å². The predicted octanol–water partition coefficient (Wildman–Crippen LogP) is 1.99. The molecule has 2 aliphatic rings. The molecule has 144 valence electrons. The highest BCUT2D eigenvalue weighted by Gasteiger charge is 2.36. The van der Waals surface area contributed by atoms with Gasteiger partial charge >= 0.3 is 0 Å². The lowest BCUT2D eigenvalue weighted by molar-refractivity contribution is 0.131. The van der Waals surface area contributed by atoms with Gasteiger partial charge < -0.3 is 14.7 Å². The Morgan fingerprint density at radius 3 is 2.78 bits per heavy atom. The fourth-order valence-corrected chi connectivity index (χ4v) is 4.39. The van der Waals surface area contributed by atoms with Crippen LogP contribution in [0.15, 0.2) is 42.9 Å². The van der Waals surface area contributed by atoms with Crippen molar-refractivity contribution in [2.24, 2.45) is 5.92 Å². The number of likely N-dealkylation sites (tertiary alicyclic amines) is 1. The summed E-state index contributed by atoms with van der Waals surface area (Å²) in [5.74, 6) is 1.15. The molecule has 3 heterocycles. The third-order valence-electron chi connectivity index (χ3n) is 5.92. The number of aromatic nitrogens is 2. The minimum Gasteiger partial charge on any atom is -0.497 e. The molecule has 0 bridgehead atoms. The maximum absolute atomic E-state index is 10.5. The lowest BCUT2D eigenvalue weighted by Crippen LogP contribution is -2.44. The lowest BCUT2D eigenvalue weighted by Gasteiger charge is -2.38. The first-order valence-corrected chi connectivity index (χ1v) is 9.79. The monoisotopic (exact) mass is 368 g/mol. The van der Waals surface area contributed by atoms with Gasteiger partial charge in [0.15, 0.2) is 0 Å². The normalized spacial score (nSPS) is 24.3. The van der Waals surface area contributed by atoms with Crippen molar-refractivity contribution in [3.05, 3.63) is 48.5 Å². The van der Waals surface area contributed by atoms with Gasteiger partial charge in [-0.15, -0.1) is 0 Å². The third-order valence-corrected chi connectivity index (χ3v) is 5.92. The maximum atomic E-state index is 10.5. The van der Waals surface area contributed by atoms with Gasteiger partial charge in [0.25, 0.3) is 0 Å². The fraction of sp³-hybridized carbons (Fsp3) is 0.524. The molecule has 27 heavy (non-hydrogen) atoms. The molecule has 1 N–H and O–H groups in total. The second-order valence-corrected chi connectivity index (χ2v) is 7.60. The summed E-state index contributed by atoms with van der Waals surface area (Å²) in [7, 11) is 1.71. The molecule has 6 heteroatoms. The van der Waals surface area contributed by atoms with Crippen molar-refractivity contribution in [1.82, 2.24) is 14.9 Å². The zero-order valence-corrected chi connectivity index (χ0v) is 15.9. The van der Waals surface area contributed by atoms with E-state index in [1.807, 2.05) is 18.3 Å². The van der Waals surface area contributed by atoms with Gasteiger partial charge in [-0.2, -0.15) is 0 Å². The molecule has 2 aromatic rings. The number of piperidine rings is 1. The van der Waals surface area contributed by atoms with Gasteiger partial charge in [-0.05, 0) is 31.4 Å². The number of hydrogen-bond donors (Lipinski definition) is 1. The van der Waals surface area contributed by atoms with E-state index >= 15 is 0 Å². The first-order valence-electron chi connectivity index (χ1n) is 9.79. The Bertz CT molecular complexity index is 734. The molecule has 0 spiro atoms. The van der Waals surface area contributed by atoms with E-state index in [2.05, 4.69) is 31.9 Å². The van der Waals surface area contributed by atoms with Crippen LogP contribution in [0.25, 0.3) is 0 Å². The molecule has 0 radical (unpaired) electrons. The average Bonchev–Trinajstić information content (AvgIpc) is 3.09. The van der Waals surface area contributed by atoms with Crippen LogP contribution < -0.4 is 9.64 Å². The quantitative estimate of drug-likeness (QED) is 0.871. The van der Waals surface area contributed by atoms with Crippen LogP contribution in [0, 0.1) is 5.92 Å². The minimum atomic E-state index is -0.275. The third kappa shape index (κ3) is 4.22. The molecular formula is C21H28N4O2. The molecule has 2 atom stereocenters. The summed E-state index contributed by atoms with van der Waals surface area (Å²) in [4.78, 5) is 13.4. The molecule has 0 amide bonds. The van der Waals surface area contributed by atoms with Gasteiger partial charge in [-0.25, -0.2) is 0 Å². The number of ether oxygens (including phenoxy) is 1. The van der Waals surface area contributed by atoms with Crippen molar-refractivity contribution in [3.63, 3.8) is 0 Å². The van der Waals surface area contributed by atoms with Crippen molar-refractivity contribution in [1.29, 1.82) is 0 Å². The minimum absolute atomic E-state index is 0.248. The van der Waals surface area contributed by atoms with E-state index in [0.29, 0.717) is 6.04 Å². The zero-order valence-electron chi connectivity index (χ0n) is 15.9. The van der Waals surface area contributed by atoms with Gasteiger partial charge in [0, 0.05) is 68.5 Å². The number of rotatable bonds is 5. The highest BCUT2D eigenvalue weighted by atomic mass is 16.5. The Morgan fingerprint density at radius 2 is 2.04 bits per heavy atom. The van der Waals surface area contributed by atoms with E-state index in [1.54, 1.807) is 19.5 Å². The van der Waals surface area contributed by atoms with Crippen molar-refractivity contribution in [3.8, 4) is 5.75 Å². The number of anilines is 1. The van der Waals surface area contributed by atoms with Crippen molar-refractivity contribution in [2.45, 2.75) is 31.4 Å². The molecule has 0 unspecified atom stereocenters. The summed E-state index contributed by atoms with van der Waals surface area (Å²) in [5.41, 5.74) is 2.20. The molecule has 0 saturated carbocycles. The van der Waals surface area contributed by atoms with E-state index < -0.39 is 0 Å². The summed E-state index contributed by atoms with van der Waals surface area (Å²) in [6, 6.07) is 8.84. The number of β-amino-alcohol motifs (C(OH)–C–C–N with tert-alkyl or cyclic N) is 1. The molecular weight excluding hydrogens is 340 g/mol. The highest BCUT2D eigenvalue weighted by molar-refractivity contribution is 5.51. The van der Waals surface area contributed by atoms with Crippen molar-refractivity contribution < 1.29 is 9.84 Å². The molecule has 2 aliphatic heterocycles. The van der Waals surface area contributed by atoms with Crippen molar-refractivity contribution >= 4 is 5.69 Å². The van der Waals surface area contributed by atoms with Crippen LogP contribution in [-0.4, -0.2) is 65.4 Å². The Hall–Kier alpha value is -2.18. The van der Waals surface area contributed by atoms with Gasteiger partial charge in [0.1, 0.15) is 5.75 Å². The topological polar surface area (TPSA) is 61.7 Å². The molecule has 2 fully saturated rings. The van der Waals surface area contributed by atoms with Crippen molar-refractivity contribution in [2.75, 3.05) is 38.2 Å². The van der Waals surface area contributed by atoms with Crippen LogP contribution in [0.3, 0.4) is 0 Å². The van der Waals surface area contributed by atoms with E-state index in [4.69, 9.17) is 4.74 Å². The van der Waals surface area contributed by atoms with Gasteiger partial charge in [-0.1, -0.05) is 6.07 Å². The summed E-state index contributed by atoms with van der Waals surface area (Å²) in [6.45, 7) is 3.80. The van der Waals surface area contributed by atoms with Crippen LogP contribution >= 0.6 is 0 Å². The first-order chi connectivity index (χ1) is 13.2. The summed E-state index contributed by atoms with van der Waals surface area (Å²) < 4.78 is 5.35. The lowest BCUT2D eigenvalue weighted by atomic mass is 10.00. The first kappa shape index (κ1) is 18.2. The number of hydrogen-bond acceptors (Lipinski definition) is 6. The van der Waals surface area contributed by atoms with Gasteiger partial charge in [-0.3, -0.25) is 14.9 Å². The standard InChI is InChI=1S/C21H28N4O2/c1-27-20-4-2-3-19(12-20)24-9-5-18(6-10-24)25-14-16(21(26)15-25)11-17-13-22-7-8-23-17/h2-4,7-8,12-13,16,18,21,26H,5-6,9-11,14-15H2,1H3/t16-,21-/m1/s1. The SMILES string of the molecule is COc1cccc(N2CCC(N3C[C@@H](Cc4cnccn4)[C@H](O)C3)CC2)c1. The van der Waals surface area contributed by atoms with Crippen LogP contribution in [-0.2, 0) is 6.42 Å². The highest BCUT2D eigenvalue weighted by Crippen LogP contribution is 2.29. The number of aliphatic hydroxyl groups is 1. The maximum Gasteiger partial charge on any atom is 0.120 e. The molecule has 0 aliphatic carbocycles. The number of benzene rings is 1. The Balaban J connectivity index is 1.32. The Morgan fingerprint density at radius 1 is 1.19 bits per heavy atom. The van der Waals surface area contributed by atoms with E-state index in [-0.39, 0.29) is 12.0 Å². The predicted molar refractivity (Wildman–Crippen MR) is 105 cm³/mol. The van der Waals surface area contributed by atoms with Crippen LogP contribution in [0.4, 0.5) is 5.69 Å². The van der Waals surface area contributed by atoms with Gasteiger partial charge in [0.05, 0.1) is 18.9 Å². The summed E-state index contributed by atoms with van der Waals surface area (Å²) in [5, 5.41) is 10.5. The molecule has 2 saturated heterocycles. The molecule has 6 nitrogen and oxygen atoms in total. The fourth-order valence-electron chi connectivity index (χ4n) is 4.39. The van der Waals surface area contributed by atoms with Crippen LogP contribution in [0.1, 0.15) is 18.5 Å². The van der Waals surface area contributed by atoms with Crippen LogP contribution in [0.5, 0.6) is 5.75 Å². The largest absolute Gasteiger partial charge is 0.497 e. The molecule has 4 rings (SSSR count). The zero-order chi connectivity index (χ0) is 18.6. The number of aliphatic hydroxyl groups excluding tert-OH is 1. The van der Waals surface area contributed by atoms with E-state index in [1.165, 1.54) is 5.69 Å². The second kappa shape index (κ2) is 8.23. The van der Waals surface area contributed by atoms with E-state index in [9.17, 15) is 5.11 Å². The number of nitrogens with zero attached hydrogens (tertiary/aromatic N) is 4. The molecule has 1 aromatic heterocycles. The Labute approximate surface area is 160 Å². The summed E-state index contributed by atoms with van der Waals surface area (Å²) in [6.07, 6.45) is 8.00. The average molecular weight is 368 g/mol. The number of methoxy groups -OCH3 is 1. The molecule has 1 aromatic carbocycles. The smallest absolute Gasteiger partial charge is 0.120 e.